The Hall–Kier alpha value is -3.45. The summed E-state index contributed by atoms with van der Waals surface area (Å²) >= 11 is 1.36. The molecule has 0 aliphatic rings. The van der Waals surface area contributed by atoms with Crippen molar-refractivity contribution in [3.8, 4) is 17.0 Å². The molecule has 4 rings (SSSR count). The van der Waals surface area contributed by atoms with Crippen LogP contribution in [0.4, 0.5) is 5.13 Å². The van der Waals surface area contributed by atoms with Gasteiger partial charge in [0.25, 0.3) is 5.91 Å². The molecule has 1 amide bonds. The molecule has 0 saturated carbocycles. The SMILES string of the molecule is Cc1ccc(-c2csc(NC(=O)C(C)Oc3ccc4c(C)cc(=O)oc4c3)n2)cc1. The van der Waals surface area contributed by atoms with Gasteiger partial charge in [0, 0.05) is 28.5 Å². The number of hydrogen-bond acceptors (Lipinski definition) is 6. The monoisotopic (exact) mass is 420 g/mol. The molecule has 6 nitrogen and oxygen atoms in total. The van der Waals surface area contributed by atoms with Crippen LogP contribution < -0.4 is 15.7 Å². The van der Waals surface area contributed by atoms with E-state index in [4.69, 9.17) is 9.15 Å². The first kappa shape index (κ1) is 19.8. The molecule has 1 unspecified atom stereocenters. The van der Waals surface area contributed by atoms with E-state index in [0.29, 0.717) is 16.5 Å². The zero-order valence-electron chi connectivity index (χ0n) is 16.8. The van der Waals surface area contributed by atoms with Crippen LogP contribution in [-0.2, 0) is 4.79 Å². The van der Waals surface area contributed by atoms with Gasteiger partial charge in [-0.25, -0.2) is 9.78 Å². The number of hydrogen-bond donors (Lipinski definition) is 1. The van der Waals surface area contributed by atoms with Crippen molar-refractivity contribution < 1.29 is 13.9 Å². The van der Waals surface area contributed by atoms with Gasteiger partial charge in [-0.05, 0) is 38.5 Å². The molecule has 1 atom stereocenters. The van der Waals surface area contributed by atoms with Crippen LogP contribution in [0.15, 0.2) is 63.1 Å². The molecule has 2 aromatic carbocycles. The Labute approximate surface area is 177 Å². The Balaban J connectivity index is 1.45. The molecule has 0 bridgehead atoms. The van der Waals surface area contributed by atoms with E-state index in [9.17, 15) is 9.59 Å². The Morgan fingerprint density at radius 3 is 2.67 bits per heavy atom. The first-order valence-electron chi connectivity index (χ1n) is 9.43. The van der Waals surface area contributed by atoms with Gasteiger partial charge in [0.05, 0.1) is 5.69 Å². The lowest BCUT2D eigenvalue weighted by molar-refractivity contribution is -0.122. The highest BCUT2D eigenvalue weighted by Crippen LogP contribution is 2.26. The van der Waals surface area contributed by atoms with E-state index in [2.05, 4.69) is 10.3 Å². The van der Waals surface area contributed by atoms with E-state index in [1.54, 1.807) is 19.1 Å². The van der Waals surface area contributed by atoms with Crippen molar-refractivity contribution >= 4 is 33.3 Å². The molecular weight excluding hydrogens is 400 g/mol. The number of carbonyl (C=O) groups is 1. The smallest absolute Gasteiger partial charge is 0.336 e. The maximum atomic E-state index is 12.5. The van der Waals surface area contributed by atoms with E-state index >= 15 is 0 Å². The quantitative estimate of drug-likeness (QED) is 0.463. The molecule has 1 N–H and O–H groups in total. The number of aryl methyl sites for hydroxylation is 2. The number of thiazole rings is 1. The fraction of sp³-hybridized carbons (Fsp3) is 0.174. The third-order valence-electron chi connectivity index (χ3n) is 4.69. The average Bonchev–Trinajstić information content (AvgIpc) is 3.16. The van der Waals surface area contributed by atoms with Gasteiger partial charge in [-0.3, -0.25) is 10.1 Å². The maximum Gasteiger partial charge on any atom is 0.336 e. The number of fused-ring (bicyclic) bond motifs is 1. The van der Waals surface area contributed by atoms with E-state index < -0.39 is 11.7 Å². The summed E-state index contributed by atoms with van der Waals surface area (Å²) < 4.78 is 11.0. The van der Waals surface area contributed by atoms with E-state index in [1.165, 1.54) is 23.0 Å². The number of aromatic nitrogens is 1. The average molecular weight is 420 g/mol. The number of carbonyl (C=O) groups excluding carboxylic acids is 1. The van der Waals surface area contributed by atoms with Gasteiger partial charge in [-0.15, -0.1) is 11.3 Å². The second kappa shape index (κ2) is 8.12. The fourth-order valence-electron chi connectivity index (χ4n) is 3.03. The number of rotatable bonds is 5. The van der Waals surface area contributed by atoms with Crippen LogP contribution in [0, 0.1) is 13.8 Å². The highest BCUT2D eigenvalue weighted by molar-refractivity contribution is 7.14. The largest absolute Gasteiger partial charge is 0.481 e. The van der Waals surface area contributed by atoms with Gasteiger partial charge in [-0.1, -0.05) is 29.8 Å². The van der Waals surface area contributed by atoms with Crippen LogP contribution in [0.5, 0.6) is 5.75 Å². The Morgan fingerprint density at radius 1 is 1.13 bits per heavy atom. The molecule has 0 fully saturated rings. The lowest BCUT2D eigenvalue weighted by atomic mass is 10.1. The van der Waals surface area contributed by atoms with E-state index in [1.807, 2.05) is 49.6 Å². The van der Waals surface area contributed by atoms with Crippen LogP contribution in [0.3, 0.4) is 0 Å². The van der Waals surface area contributed by atoms with E-state index in [0.717, 1.165) is 22.2 Å². The van der Waals surface area contributed by atoms with Crippen molar-refractivity contribution in [1.29, 1.82) is 0 Å². The summed E-state index contributed by atoms with van der Waals surface area (Å²) in [5.74, 6) is 0.129. The first-order chi connectivity index (χ1) is 14.4. The van der Waals surface area contributed by atoms with Crippen LogP contribution in [0.25, 0.3) is 22.2 Å². The standard InChI is InChI=1S/C23H20N2O4S/c1-13-4-6-16(7-5-13)19-12-30-23(24-19)25-22(27)15(3)28-17-8-9-18-14(2)10-21(26)29-20(18)11-17/h4-12,15H,1-3H3,(H,24,25,27). The third-order valence-corrected chi connectivity index (χ3v) is 5.44. The normalized spacial score (nSPS) is 12.0. The number of nitrogens with one attached hydrogen (secondary N) is 1. The van der Waals surface area contributed by atoms with Crippen molar-refractivity contribution in [1.82, 2.24) is 4.98 Å². The molecule has 0 aliphatic carbocycles. The van der Waals surface area contributed by atoms with Crippen LogP contribution in [0.1, 0.15) is 18.1 Å². The van der Waals surface area contributed by atoms with Crippen LogP contribution in [-0.4, -0.2) is 17.0 Å². The van der Waals surface area contributed by atoms with Crippen molar-refractivity contribution in [2.45, 2.75) is 26.9 Å². The molecule has 0 aliphatic heterocycles. The topological polar surface area (TPSA) is 81.4 Å². The fourth-order valence-corrected chi connectivity index (χ4v) is 3.75. The second-order valence-electron chi connectivity index (χ2n) is 7.06. The molecule has 0 radical (unpaired) electrons. The lowest BCUT2D eigenvalue weighted by Gasteiger charge is -2.14. The van der Waals surface area contributed by atoms with Gasteiger partial charge in [0.1, 0.15) is 11.3 Å². The number of nitrogens with zero attached hydrogens (tertiary/aromatic N) is 1. The predicted octanol–water partition coefficient (Wildman–Crippen LogP) is 4.94. The van der Waals surface area contributed by atoms with Gasteiger partial charge in [0.2, 0.25) is 0 Å². The van der Waals surface area contributed by atoms with Gasteiger partial charge in [0.15, 0.2) is 11.2 Å². The van der Waals surface area contributed by atoms with Crippen LogP contribution >= 0.6 is 11.3 Å². The van der Waals surface area contributed by atoms with Crippen molar-refractivity contribution in [3.63, 3.8) is 0 Å². The first-order valence-corrected chi connectivity index (χ1v) is 10.3. The highest BCUT2D eigenvalue weighted by Gasteiger charge is 2.17. The van der Waals surface area contributed by atoms with Gasteiger partial charge >= 0.3 is 5.63 Å². The number of ether oxygens (including phenoxy) is 1. The second-order valence-corrected chi connectivity index (χ2v) is 7.92. The molecule has 2 aromatic heterocycles. The van der Waals surface area contributed by atoms with Crippen molar-refractivity contribution in [2.24, 2.45) is 0 Å². The number of amides is 1. The molecule has 4 aromatic rings. The third kappa shape index (κ3) is 4.26. The Bertz CT molecular complexity index is 1270. The summed E-state index contributed by atoms with van der Waals surface area (Å²) in [6.45, 7) is 5.53. The van der Waals surface area contributed by atoms with E-state index in [-0.39, 0.29) is 5.91 Å². The number of benzene rings is 2. The minimum atomic E-state index is -0.759. The summed E-state index contributed by atoms with van der Waals surface area (Å²) in [6.07, 6.45) is -0.759. The van der Waals surface area contributed by atoms with Gasteiger partial charge < -0.3 is 9.15 Å². The molecule has 0 saturated heterocycles. The number of anilines is 1. The van der Waals surface area contributed by atoms with Gasteiger partial charge in [-0.2, -0.15) is 0 Å². The maximum absolute atomic E-state index is 12.5. The zero-order valence-corrected chi connectivity index (χ0v) is 17.6. The lowest BCUT2D eigenvalue weighted by Crippen LogP contribution is -2.30. The zero-order chi connectivity index (χ0) is 21.3. The predicted molar refractivity (Wildman–Crippen MR) is 118 cm³/mol. The summed E-state index contributed by atoms with van der Waals surface area (Å²) in [6, 6.07) is 14.7. The summed E-state index contributed by atoms with van der Waals surface area (Å²) in [7, 11) is 0. The van der Waals surface area contributed by atoms with Crippen molar-refractivity contribution in [2.75, 3.05) is 5.32 Å². The Morgan fingerprint density at radius 2 is 1.90 bits per heavy atom. The summed E-state index contributed by atoms with van der Waals surface area (Å²) in [4.78, 5) is 28.6. The highest BCUT2D eigenvalue weighted by atomic mass is 32.1. The van der Waals surface area contributed by atoms with Crippen LogP contribution in [0.2, 0.25) is 0 Å². The minimum absolute atomic E-state index is 0.314. The molecule has 7 heteroatoms. The summed E-state index contributed by atoms with van der Waals surface area (Å²) in [5.41, 5.74) is 3.81. The molecule has 30 heavy (non-hydrogen) atoms. The Kier molecular flexibility index (Phi) is 5.37. The molecule has 152 valence electrons. The minimum Gasteiger partial charge on any atom is -0.481 e. The molecule has 2 heterocycles. The molecular formula is C23H20N2O4S. The summed E-state index contributed by atoms with van der Waals surface area (Å²) in [5, 5.41) is 6.02. The van der Waals surface area contributed by atoms with Crippen molar-refractivity contribution in [3.05, 3.63) is 75.5 Å². The molecule has 0 spiro atoms.